The quantitative estimate of drug-likeness (QED) is 0.429. The Morgan fingerprint density at radius 2 is 1.93 bits per heavy atom. The molecule has 0 N–H and O–H groups in total. The van der Waals surface area contributed by atoms with Crippen molar-refractivity contribution in [1.82, 2.24) is 9.47 Å². The van der Waals surface area contributed by atoms with Crippen LogP contribution < -0.4 is 4.74 Å². The second-order valence-electron chi connectivity index (χ2n) is 6.98. The molecule has 0 aliphatic rings. The molecule has 0 unspecified atom stereocenters. The minimum Gasteiger partial charge on any atom is -0.494 e. The molecule has 0 bridgehead atoms. The number of hydrogen-bond acceptors (Lipinski definition) is 5. The van der Waals surface area contributed by atoms with E-state index in [-0.39, 0.29) is 5.97 Å². The van der Waals surface area contributed by atoms with E-state index in [1.165, 1.54) is 0 Å². The number of carbonyl (C=O) groups excluding carboxylic acids is 1. The normalized spacial score (nSPS) is 10.9. The molecule has 0 radical (unpaired) electrons. The second-order valence-corrected chi connectivity index (χ2v) is 6.98. The van der Waals surface area contributed by atoms with Crippen LogP contribution in [0.4, 0.5) is 0 Å². The first-order valence-electron chi connectivity index (χ1n) is 9.63. The molecule has 0 aliphatic carbocycles. The van der Waals surface area contributed by atoms with Crippen molar-refractivity contribution >= 4 is 16.9 Å². The smallest absolute Gasteiger partial charge is 0.338 e. The van der Waals surface area contributed by atoms with Gasteiger partial charge in [-0.3, -0.25) is 0 Å². The van der Waals surface area contributed by atoms with E-state index in [0.29, 0.717) is 24.3 Å². The minimum atomic E-state index is -0.342. The maximum Gasteiger partial charge on any atom is 0.338 e. The number of aromatic nitrogens is 1. The third-order valence-corrected chi connectivity index (χ3v) is 4.57. The van der Waals surface area contributed by atoms with Crippen molar-refractivity contribution in [2.24, 2.45) is 0 Å². The van der Waals surface area contributed by atoms with Crippen LogP contribution in [0.25, 0.3) is 16.6 Å². The van der Waals surface area contributed by atoms with Crippen LogP contribution in [0.5, 0.6) is 5.75 Å². The molecule has 0 saturated heterocycles. The van der Waals surface area contributed by atoms with Crippen LogP contribution in [0.1, 0.15) is 29.3 Å². The highest BCUT2D eigenvalue weighted by Gasteiger charge is 2.12. The highest BCUT2D eigenvalue weighted by molar-refractivity contribution is 5.91. The molecule has 1 aromatic heterocycles. The molecule has 0 fully saturated rings. The molecule has 2 aromatic carbocycles. The molecule has 0 aliphatic heterocycles. The summed E-state index contributed by atoms with van der Waals surface area (Å²) in [5.74, 6) is 0.411. The van der Waals surface area contributed by atoms with Crippen LogP contribution in [-0.4, -0.2) is 49.3 Å². The standard InChI is InChI=1S/C23H25N3O3/c1-4-28-23(27)17-6-8-19(9-7-17)26-16-18(15-24)21-14-20(10-11-22(21)26)29-13-5-12-25(2)3/h6-11,14,16H,4-5,12-13H2,1-3H3. The third-order valence-electron chi connectivity index (χ3n) is 4.57. The summed E-state index contributed by atoms with van der Waals surface area (Å²) in [6, 6.07) is 15.2. The van der Waals surface area contributed by atoms with E-state index in [2.05, 4.69) is 11.0 Å². The summed E-state index contributed by atoms with van der Waals surface area (Å²) in [5, 5.41) is 10.4. The van der Waals surface area contributed by atoms with Crippen LogP contribution in [0.3, 0.4) is 0 Å². The number of carbonyl (C=O) groups is 1. The van der Waals surface area contributed by atoms with Crippen molar-refractivity contribution in [1.29, 1.82) is 5.26 Å². The molecule has 0 amide bonds. The maximum atomic E-state index is 11.8. The molecule has 1 heterocycles. The largest absolute Gasteiger partial charge is 0.494 e. The van der Waals surface area contributed by atoms with Gasteiger partial charge in [0.25, 0.3) is 0 Å². The number of esters is 1. The zero-order valence-electron chi connectivity index (χ0n) is 17.0. The molecule has 6 nitrogen and oxygen atoms in total. The number of nitrogens with zero attached hydrogens (tertiary/aromatic N) is 3. The fourth-order valence-electron chi connectivity index (χ4n) is 3.14. The van der Waals surface area contributed by atoms with Gasteiger partial charge in [0, 0.05) is 23.8 Å². The zero-order chi connectivity index (χ0) is 20.8. The van der Waals surface area contributed by atoms with E-state index in [0.717, 1.165) is 35.3 Å². The van der Waals surface area contributed by atoms with Gasteiger partial charge in [-0.2, -0.15) is 5.26 Å². The van der Waals surface area contributed by atoms with Gasteiger partial charge in [0.1, 0.15) is 11.8 Å². The summed E-state index contributed by atoms with van der Waals surface area (Å²) in [6.07, 6.45) is 2.74. The number of fused-ring (bicyclic) bond motifs is 1. The second kappa shape index (κ2) is 9.26. The summed E-state index contributed by atoms with van der Waals surface area (Å²) in [6.45, 7) is 3.71. The highest BCUT2D eigenvalue weighted by Crippen LogP contribution is 2.28. The van der Waals surface area contributed by atoms with Gasteiger partial charge >= 0.3 is 5.97 Å². The predicted molar refractivity (Wildman–Crippen MR) is 113 cm³/mol. The van der Waals surface area contributed by atoms with Crippen molar-refractivity contribution in [3.8, 4) is 17.5 Å². The topological polar surface area (TPSA) is 67.5 Å². The Morgan fingerprint density at radius 3 is 2.59 bits per heavy atom. The lowest BCUT2D eigenvalue weighted by molar-refractivity contribution is 0.0526. The molecule has 0 spiro atoms. The lowest BCUT2D eigenvalue weighted by Crippen LogP contribution is -2.15. The van der Waals surface area contributed by atoms with E-state index in [1.807, 2.05) is 49.0 Å². The molecule has 29 heavy (non-hydrogen) atoms. The van der Waals surface area contributed by atoms with Crippen LogP contribution in [-0.2, 0) is 4.74 Å². The third kappa shape index (κ3) is 4.76. The van der Waals surface area contributed by atoms with Gasteiger partial charge in [0.05, 0.1) is 29.9 Å². The van der Waals surface area contributed by atoms with Gasteiger partial charge in [-0.05, 0) is 69.9 Å². The Hall–Kier alpha value is -3.30. The fraction of sp³-hybridized carbons (Fsp3) is 0.304. The van der Waals surface area contributed by atoms with Crippen molar-refractivity contribution in [2.75, 3.05) is 33.9 Å². The Balaban J connectivity index is 1.86. The van der Waals surface area contributed by atoms with Crippen molar-refractivity contribution in [3.05, 3.63) is 59.8 Å². The van der Waals surface area contributed by atoms with Crippen molar-refractivity contribution < 1.29 is 14.3 Å². The first-order chi connectivity index (χ1) is 14.0. The predicted octanol–water partition coefficient (Wildman–Crippen LogP) is 4.01. The molecule has 3 aromatic rings. The van der Waals surface area contributed by atoms with Crippen LogP contribution in [0, 0.1) is 11.3 Å². The van der Waals surface area contributed by atoms with Crippen LogP contribution in [0.15, 0.2) is 48.7 Å². The van der Waals surface area contributed by atoms with E-state index >= 15 is 0 Å². The SMILES string of the molecule is CCOC(=O)c1ccc(-n2cc(C#N)c3cc(OCCCN(C)C)ccc32)cc1. The summed E-state index contributed by atoms with van der Waals surface area (Å²) in [5.41, 5.74) is 2.85. The van der Waals surface area contributed by atoms with Crippen LogP contribution in [0.2, 0.25) is 0 Å². The van der Waals surface area contributed by atoms with Gasteiger partial charge in [0.2, 0.25) is 0 Å². The highest BCUT2D eigenvalue weighted by atomic mass is 16.5. The van der Waals surface area contributed by atoms with Gasteiger partial charge < -0.3 is 18.9 Å². The van der Waals surface area contributed by atoms with Gasteiger partial charge in [-0.25, -0.2) is 4.79 Å². The fourth-order valence-corrected chi connectivity index (χ4v) is 3.14. The Labute approximate surface area is 170 Å². The summed E-state index contributed by atoms with van der Waals surface area (Å²) < 4.78 is 12.8. The zero-order valence-corrected chi connectivity index (χ0v) is 17.0. The Kier molecular flexibility index (Phi) is 6.53. The van der Waals surface area contributed by atoms with E-state index in [4.69, 9.17) is 9.47 Å². The monoisotopic (exact) mass is 391 g/mol. The van der Waals surface area contributed by atoms with E-state index in [1.54, 1.807) is 25.3 Å². The average Bonchev–Trinajstić information content (AvgIpc) is 3.09. The average molecular weight is 391 g/mol. The number of hydrogen-bond donors (Lipinski definition) is 0. The molecule has 0 atom stereocenters. The number of rotatable bonds is 8. The van der Waals surface area contributed by atoms with Crippen molar-refractivity contribution in [2.45, 2.75) is 13.3 Å². The molecule has 150 valence electrons. The number of nitriles is 1. The number of benzene rings is 2. The Morgan fingerprint density at radius 1 is 1.17 bits per heavy atom. The maximum absolute atomic E-state index is 11.8. The minimum absolute atomic E-state index is 0.341. The number of ether oxygens (including phenoxy) is 2. The molecule has 3 rings (SSSR count). The lowest BCUT2D eigenvalue weighted by Gasteiger charge is -2.11. The summed E-state index contributed by atoms with van der Waals surface area (Å²) in [7, 11) is 4.07. The first-order valence-corrected chi connectivity index (χ1v) is 9.63. The van der Waals surface area contributed by atoms with Gasteiger partial charge in [-0.15, -0.1) is 0 Å². The van der Waals surface area contributed by atoms with Gasteiger partial charge in [-0.1, -0.05) is 0 Å². The van der Waals surface area contributed by atoms with Crippen LogP contribution >= 0.6 is 0 Å². The molecular formula is C23H25N3O3. The molecule has 6 heteroatoms. The molecule has 0 saturated carbocycles. The van der Waals surface area contributed by atoms with E-state index < -0.39 is 0 Å². The van der Waals surface area contributed by atoms with E-state index in [9.17, 15) is 10.1 Å². The van der Waals surface area contributed by atoms with Crippen molar-refractivity contribution in [3.63, 3.8) is 0 Å². The van der Waals surface area contributed by atoms with Gasteiger partial charge in [0.15, 0.2) is 0 Å². The lowest BCUT2D eigenvalue weighted by atomic mass is 10.2. The Bertz CT molecular complexity index is 1030. The first kappa shape index (κ1) is 20.4. The summed E-state index contributed by atoms with van der Waals surface area (Å²) in [4.78, 5) is 14.0. The summed E-state index contributed by atoms with van der Waals surface area (Å²) >= 11 is 0. The molecular weight excluding hydrogens is 366 g/mol.